The highest BCUT2D eigenvalue weighted by Crippen LogP contribution is 2.29. The summed E-state index contributed by atoms with van der Waals surface area (Å²) in [5.74, 6) is -4.69. The smallest absolute Gasteiger partial charge is 0.491 e. The van der Waals surface area contributed by atoms with Gasteiger partial charge >= 0.3 is 18.1 Å². The van der Waals surface area contributed by atoms with E-state index in [0.717, 1.165) is 6.26 Å². The molecule has 0 aliphatic carbocycles. The van der Waals surface area contributed by atoms with E-state index in [9.17, 15) is 32.7 Å². The first kappa shape index (κ1) is 23.7. The summed E-state index contributed by atoms with van der Waals surface area (Å²) in [6.45, 7) is 5.39. The van der Waals surface area contributed by atoms with Crippen LogP contribution in [0.4, 0.5) is 13.2 Å². The second-order valence-electron chi connectivity index (χ2n) is 6.57. The van der Waals surface area contributed by atoms with Crippen LogP contribution in [0.5, 0.6) is 0 Å². The number of aliphatic hydroxyl groups is 1. The normalized spacial score (nSPS) is 22.3. The zero-order valence-corrected chi connectivity index (χ0v) is 16.0. The second kappa shape index (κ2) is 10.3. The Kier molecular flexibility index (Phi) is 8.67. The molecule has 0 spiro atoms. The molecule has 1 amide bonds. The highest BCUT2D eigenvalue weighted by atomic mass is 19.4. The van der Waals surface area contributed by atoms with Crippen LogP contribution in [-0.4, -0.2) is 53.2 Å². The molecule has 3 atom stereocenters. The minimum absolute atomic E-state index is 0.108. The standard InChI is InChI=1S/C18H25F3N2O5/c1-4-6-12-7-15(16(26)28-17(27)18(19,20)21)23(8-12)9-13(5-2)14(10-24)22-11(3)25/h4,6,10,12-13,15,24H,5,7-9H2,1-3H3,(H,22,25)/t12?,13-,15?/m1/s1. The lowest BCUT2D eigenvalue weighted by atomic mass is 10.0. The first-order valence-electron chi connectivity index (χ1n) is 8.84. The minimum atomic E-state index is -5.26. The average Bonchev–Trinajstić information content (AvgIpc) is 2.99. The van der Waals surface area contributed by atoms with Crippen LogP contribution >= 0.6 is 0 Å². The Bertz CT molecular complexity index is 646. The van der Waals surface area contributed by atoms with Gasteiger partial charge in [-0.3, -0.25) is 9.69 Å². The van der Waals surface area contributed by atoms with Gasteiger partial charge < -0.3 is 15.2 Å². The Labute approximate surface area is 161 Å². The monoisotopic (exact) mass is 406 g/mol. The van der Waals surface area contributed by atoms with Crippen molar-refractivity contribution in [2.24, 2.45) is 11.8 Å². The van der Waals surface area contributed by atoms with Crippen molar-refractivity contribution in [3.8, 4) is 0 Å². The first-order valence-corrected chi connectivity index (χ1v) is 8.84. The Hall–Kier alpha value is -2.36. The lowest BCUT2D eigenvalue weighted by molar-refractivity contribution is -0.203. The molecule has 0 bridgehead atoms. The molecule has 2 unspecified atom stereocenters. The number of amides is 1. The van der Waals surface area contributed by atoms with Gasteiger partial charge in [0.05, 0.1) is 12.0 Å². The largest absolute Gasteiger partial charge is 0.514 e. The fourth-order valence-corrected chi connectivity index (χ4v) is 3.19. The number of carbonyl (C=O) groups is 3. The molecular weight excluding hydrogens is 381 g/mol. The molecule has 10 heteroatoms. The van der Waals surface area contributed by atoms with Crippen LogP contribution < -0.4 is 5.32 Å². The van der Waals surface area contributed by atoms with Gasteiger partial charge in [-0.2, -0.15) is 13.2 Å². The summed E-state index contributed by atoms with van der Waals surface area (Å²) in [6.07, 6.45) is -0.222. The molecule has 0 aromatic rings. The maximum absolute atomic E-state index is 12.4. The quantitative estimate of drug-likeness (QED) is 0.292. The van der Waals surface area contributed by atoms with Crippen LogP contribution in [0.25, 0.3) is 0 Å². The first-order chi connectivity index (χ1) is 13.0. The van der Waals surface area contributed by atoms with Crippen LogP contribution in [0.3, 0.4) is 0 Å². The molecular formula is C18H25F3N2O5. The second-order valence-corrected chi connectivity index (χ2v) is 6.57. The highest BCUT2D eigenvalue weighted by Gasteiger charge is 2.45. The third-order valence-corrected chi connectivity index (χ3v) is 4.44. The maximum Gasteiger partial charge on any atom is 0.491 e. The number of carbonyl (C=O) groups excluding carboxylic acids is 3. The summed E-state index contributed by atoms with van der Waals surface area (Å²) in [6, 6.07) is -1.04. The van der Waals surface area contributed by atoms with Crippen molar-refractivity contribution in [1.29, 1.82) is 0 Å². The number of alkyl halides is 3. The summed E-state index contributed by atoms with van der Waals surface area (Å²) >= 11 is 0. The van der Waals surface area contributed by atoms with Gasteiger partial charge in [0, 0.05) is 25.9 Å². The van der Waals surface area contributed by atoms with Crippen LogP contribution in [0, 0.1) is 11.8 Å². The van der Waals surface area contributed by atoms with Crippen molar-refractivity contribution < 1.29 is 37.4 Å². The van der Waals surface area contributed by atoms with Crippen LogP contribution in [0.2, 0.25) is 0 Å². The number of rotatable bonds is 7. The highest BCUT2D eigenvalue weighted by molar-refractivity contribution is 5.91. The van der Waals surface area contributed by atoms with Gasteiger partial charge in [-0.1, -0.05) is 19.1 Å². The number of ether oxygens (including phenoxy) is 1. The third kappa shape index (κ3) is 6.66. The van der Waals surface area contributed by atoms with Crippen LogP contribution in [0.1, 0.15) is 33.6 Å². The summed E-state index contributed by atoms with van der Waals surface area (Å²) in [7, 11) is 0. The molecule has 0 saturated carbocycles. The van der Waals surface area contributed by atoms with Crippen LogP contribution in [-0.2, 0) is 19.1 Å². The molecule has 1 fully saturated rings. The number of halogens is 3. The van der Waals surface area contributed by atoms with Gasteiger partial charge in [0.25, 0.3) is 0 Å². The molecule has 0 aromatic heterocycles. The molecule has 7 nitrogen and oxygen atoms in total. The molecule has 2 N–H and O–H groups in total. The fourth-order valence-electron chi connectivity index (χ4n) is 3.19. The van der Waals surface area contributed by atoms with Crippen molar-refractivity contribution in [2.75, 3.05) is 13.1 Å². The van der Waals surface area contributed by atoms with E-state index in [1.807, 2.05) is 6.08 Å². The lowest BCUT2D eigenvalue weighted by Crippen LogP contribution is -2.43. The molecule has 1 aliphatic rings. The maximum atomic E-state index is 12.4. The molecule has 1 rings (SSSR count). The van der Waals surface area contributed by atoms with E-state index in [-0.39, 0.29) is 30.5 Å². The summed E-state index contributed by atoms with van der Waals surface area (Å²) < 4.78 is 41.2. The minimum Gasteiger partial charge on any atom is -0.514 e. The molecule has 1 heterocycles. The van der Waals surface area contributed by atoms with E-state index in [1.165, 1.54) is 6.92 Å². The van der Waals surface area contributed by atoms with Gasteiger partial charge in [0.15, 0.2) is 0 Å². The van der Waals surface area contributed by atoms with Crippen molar-refractivity contribution >= 4 is 17.8 Å². The molecule has 28 heavy (non-hydrogen) atoms. The SMILES string of the molecule is CC=CC1CC(C(=O)OC(=O)C(F)(F)F)N(C[C@@H](CC)C(=CO)NC(C)=O)C1. The Morgan fingerprint density at radius 1 is 1.36 bits per heavy atom. The number of nitrogens with zero attached hydrogens (tertiary/aromatic N) is 1. The zero-order chi connectivity index (χ0) is 21.5. The molecule has 158 valence electrons. The van der Waals surface area contributed by atoms with Gasteiger partial charge in [-0.15, -0.1) is 0 Å². The topological polar surface area (TPSA) is 95.9 Å². The zero-order valence-electron chi connectivity index (χ0n) is 16.0. The number of aliphatic hydroxyl groups excluding tert-OH is 1. The summed E-state index contributed by atoms with van der Waals surface area (Å²) in [5, 5.41) is 11.9. The molecule has 1 saturated heterocycles. The predicted molar refractivity (Wildman–Crippen MR) is 93.7 cm³/mol. The Morgan fingerprint density at radius 2 is 2.00 bits per heavy atom. The van der Waals surface area contributed by atoms with Crippen molar-refractivity contribution in [3.63, 3.8) is 0 Å². The van der Waals surface area contributed by atoms with Gasteiger partial charge in [-0.05, 0) is 25.7 Å². The fraction of sp³-hybridized carbons (Fsp3) is 0.611. The van der Waals surface area contributed by atoms with Crippen molar-refractivity contribution in [1.82, 2.24) is 10.2 Å². The summed E-state index contributed by atoms with van der Waals surface area (Å²) in [5.41, 5.74) is 0.239. The number of esters is 2. The summed E-state index contributed by atoms with van der Waals surface area (Å²) in [4.78, 5) is 36.1. The predicted octanol–water partition coefficient (Wildman–Crippen LogP) is 2.45. The molecule has 0 aromatic carbocycles. The number of nitrogens with one attached hydrogen (secondary N) is 1. The van der Waals surface area contributed by atoms with E-state index >= 15 is 0 Å². The van der Waals surface area contributed by atoms with E-state index in [1.54, 1.807) is 24.8 Å². The van der Waals surface area contributed by atoms with Crippen molar-refractivity contribution in [2.45, 2.75) is 45.8 Å². The number of likely N-dealkylation sites (tertiary alicyclic amines) is 1. The Balaban J connectivity index is 2.99. The van der Waals surface area contributed by atoms with Gasteiger partial charge in [0.2, 0.25) is 5.91 Å². The molecule has 1 aliphatic heterocycles. The van der Waals surface area contributed by atoms with E-state index in [2.05, 4.69) is 10.1 Å². The third-order valence-electron chi connectivity index (χ3n) is 4.44. The molecule has 0 radical (unpaired) electrons. The number of hydrogen-bond acceptors (Lipinski definition) is 6. The van der Waals surface area contributed by atoms with E-state index < -0.39 is 30.1 Å². The number of hydrogen-bond donors (Lipinski definition) is 2. The van der Waals surface area contributed by atoms with Crippen molar-refractivity contribution in [3.05, 3.63) is 24.1 Å². The van der Waals surface area contributed by atoms with Gasteiger partial charge in [0.1, 0.15) is 6.04 Å². The number of allylic oxidation sites excluding steroid dienone is 1. The average molecular weight is 406 g/mol. The van der Waals surface area contributed by atoms with E-state index in [0.29, 0.717) is 13.0 Å². The van der Waals surface area contributed by atoms with E-state index in [4.69, 9.17) is 0 Å². The van der Waals surface area contributed by atoms with Crippen LogP contribution in [0.15, 0.2) is 24.1 Å². The lowest BCUT2D eigenvalue weighted by Gasteiger charge is -2.28. The van der Waals surface area contributed by atoms with Gasteiger partial charge in [-0.25, -0.2) is 9.59 Å². The Morgan fingerprint density at radius 3 is 2.46 bits per heavy atom.